The molecule has 0 amide bonds. The number of hydrogen-bond donors (Lipinski definition) is 1. The highest BCUT2D eigenvalue weighted by Crippen LogP contribution is 2.27. The van der Waals surface area contributed by atoms with E-state index in [2.05, 4.69) is 43.9 Å². The van der Waals surface area contributed by atoms with Crippen molar-refractivity contribution in [1.29, 1.82) is 0 Å². The minimum Gasteiger partial charge on any atom is -0.489 e. The zero-order valence-electron chi connectivity index (χ0n) is 12.2. The molecular weight excluding hydrogens is 238 g/mol. The molecule has 3 heteroatoms. The van der Waals surface area contributed by atoms with E-state index in [-0.39, 0.29) is 0 Å². The average Bonchev–Trinajstić information content (AvgIpc) is 2.39. The molecular formula is C16H25NO2. The van der Waals surface area contributed by atoms with E-state index in [0.717, 1.165) is 24.3 Å². The minimum atomic E-state index is 0.394. The van der Waals surface area contributed by atoms with E-state index in [1.807, 2.05) is 6.08 Å². The second-order valence-corrected chi connectivity index (χ2v) is 4.75. The van der Waals surface area contributed by atoms with Gasteiger partial charge >= 0.3 is 0 Å². The van der Waals surface area contributed by atoms with Crippen LogP contribution in [-0.4, -0.2) is 26.4 Å². The highest BCUT2D eigenvalue weighted by molar-refractivity contribution is 5.58. The predicted molar refractivity (Wildman–Crippen MR) is 81.1 cm³/mol. The molecule has 1 rings (SSSR count). The van der Waals surface area contributed by atoms with E-state index < -0.39 is 0 Å². The Bertz CT molecular complexity index is 390. The SMILES string of the molecule is C=CCCC(C)Nc1ccc(C)cc1OCCOC. The van der Waals surface area contributed by atoms with Crippen molar-refractivity contribution in [2.24, 2.45) is 0 Å². The number of rotatable bonds is 9. The molecule has 1 aromatic rings. The molecule has 0 saturated heterocycles. The van der Waals surface area contributed by atoms with Crippen LogP contribution in [0.3, 0.4) is 0 Å². The van der Waals surface area contributed by atoms with Crippen LogP contribution in [0.15, 0.2) is 30.9 Å². The summed E-state index contributed by atoms with van der Waals surface area (Å²) in [6.45, 7) is 9.15. The van der Waals surface area contributed by atoms with Crippen LogP contribution in [-0.2, 0) is 4.74 Å². The van der Waals surface area contributed by atoms with Crippen molar-refractivity contribution in [3.8, 4) is 5.75 Å². The molecule has 0 heterocycles. The summed E-state index contributed by atoms with van der Waals surface area (Å²) in [4.78, 5) is 0. The summed E-state index contributed by atoms with van der Waals surface area (Å²) in [5.74, 6) is 0.891. The van der Waals surface area contributed by atoms with Crippen LogP contribution in [0.25, 0.3) is 0 Å². The fourth-order valence-electron chi connectivity index (χ4n) is 1.81. The van der Waals surface area contributed by atoms with Gasteiger partial charge in [0.15, 0.2) is 0 Å². The van der Waals surface area contributed by atoms with Crippen LogP contribution >= 0.6 is 0 Å². The lowest BCUT2D eigenvalue weighted by Gasteiger charge is -2.18. The average molecular weight is 263 g/mol. The molecule has 1 aromatic carbocycles. The first-order chi connectivity index (χ1) is 9.17. The number of methoxy groups -OCH3 is 1. The van der Waals surface area contributed by atoms with Gasteiger partial charge in [0.1, 0.15) is 12.4 Å². The minimum absolute atomic E-state index is 0.394. The van der Waals surface area contributed by atoms with Gasteiger partial charge in [0.2, 0.25) is 0 Å². The van der Waals surface area contributed by atoms with Crippen molar-refractivity contribution < 1.29 is 9.47 Å². The summed E-state index contributed by atoms with van der Waals surface area (Å²) in [5, 5.41) is 3.49. The summed E-state index contributed by atoms with van der Waals surface area (Å²) >= 11 is 0. The van der Waals surface area contributed by atoms with Crippen LogP contribution in [0.4, 0.5) is 5.69 Å². The maximum absolute atomic E-state index is 5.76. The summed E-state index contributed by atoms with van der Waals surface area (Å²) in [6.07, 6.45) is 4.03. The number of anilines is 1. The van der Waals surface area contributed by atoms with Gasteiger partial charge in [-0.05, 0) is 44.4 Å². The summed E-state index contributed by atoms with van der Waals surface area (Å²) in [7, 11) is 1.68. The van der Waals surface area contributed by atoms with Crippen LogP contribution < -0.4 is 10.1 Å². The Kier molecular flexibility index (Phi) is 7.04. The van der Waals surface area contributed by atoms with Gasteiger partial charge in [0, 0.05) is 13.2 Å². The Balaban J connectivity index is 2.66. The van der Waals surface area contributed by atoms with Gasteiger partial charge in [-0.1, -0.05) is 12.1 Å². The van der Waals surface area contributed by atoms with Gasteiger partial charge in [-0.3, -0.25) is 0 Å². The first-order valence-corrected chi connectivity index (χ1v) is 6.77. The molecule has 0 bridgehead atoms. The fourth-order valence-corrected chi connectivity index (χ4v) is 1.81. The van der Waals surface area contributed by atoms with Crippen molar-refractivity contribution in [3.05, 3.63) is 36.4 Å². The van der Waals surface area contributed by atoms with E-state index in [1.54, 1.807) is 7.11 Å². The van der Waals surface area contributed by atoms with Gasteiger partial charge in [0.25, 0.3) is 0 Å². The van der Waals surface area contributed by atoms with Crippen molar-refractivity contribution in [1.82, 2.24) is 0 Å². The maximum atomic E-state index is 5.76. The first-order valence-electron chi connectivity index (χ1n) is 6.77. The number of benzene rings is 1. The van der Waals surface area contributed by atoms with E-state index in [0.29, 0.717) is 19.3 Å². The predicted octanol–water partition coefficient (Wildman–Crippen LogP) is 3.79. The summed E-state index contributed by atoms with van der Waals surface area (Å²) in [5.41, 5.74) is 2.23. The lowest BCUT2D eigenvalue weighted by Crippen LogP contribution is -2.16. The Morgan fingerprint density at radius 1 is 1.37 bits per heavy atom. The number of aryl methyl sites for hydroxylation is 1. The molecule has 106 valence electrons. The molecule has 3 nitrogen and oxygen atoms in total. The quantitative estimate of drug-likeness (QED) is 0.543. The third-order valence-corrected chi connectivity index (χ3v) is 2.89. The Morgan fingerprint density at radius 2 is 2.16 bits per heavy atom. The van der Waals surface area contributed by atoms with Crippen LogP contribution in [0, 0.1) is 6.92 Å². The Labute approximate surface area is 116 Å². The second-order valence-electron chi connectivity index (χ2n) is 4.75. The molecule has 0 radical (unpaired) electrons. The number of ether oxygens (including phenoxy) is 2. The first kappa shape index (κ1) is 15.6. The molecule has 1 unspecified atom stereocenters. The Morgan fingerprint density at radius 3 is 2.84 bits per heavy atom. The molecule has 0 aromatic heterocycles. The van der Waals surface area contributed by atoms with Crippen LogP contribution in [0.2, 0.25) is 0 Å². The molecule has 0 spiro atoms. The smallest absolute Gasteiger partial charge is 0.142 e. The Hall–Kier alpha value is -1.48. The van der Waals surface area contributed by atoms with E-state index in [1.165, 1.54) is 5.56 Å². The van der Waals surface area contributed by atoms with E-state index in [4.69, 9.17) is 9.47 Å². The molecule has 0 aliphatic rings. The van der Waals surface area contributed by atoms with Crippen molar-refractivity contribution in [2.45, 2.75) is 32.7 Å². The lowest BCUT2D eigenvalue weighted by atomic mass is 10.1. The lowest BCUT2D eigenvalue weighted by molar-refractivity contribution is 0.146. The van der Waals surface area contributed by atoms with Crippen molar-refractivity contribution in [2.75, 3.05) is 25.6 Å². The fraction of sp³-hybridized carbons (Fsp3) is 0.500. The second kappa shape index (κ2) is 8.59. The van der Waals surface area contributed by atoms with Gasteiger partial charge in [0.05, 0.1) is 12.3 Å². The standard InChI is InChI=1S/C16H25NO2/c1-5-6-7-14(3)17-15-9-8-13(2)12-16(15)19-11-10-18-4/h5,8-9,12,14,17H,1,6-7,10-11H2,2-4H3. The van der Waals surface area contributed by atoms with Gasteiger partial charge in [-0.25, -0.2) is 0 Å². The third-order valence-electron chi connectivity index (χ3n) is 2.89. The zero-order valence-corrected chi connectivity index (χ0v) is 12.2. The van der Waals surface area contributed by atoms with Crippen molar-refractivity contribution >= 4 is 5.69 Å². The topological polar surface area (TPSA) is 30.5 Å². The molecule has 19 heavy (non-hydrogen) atoms. The van der Waals surface area contributed by atoms with Crippen LogP contribution in [0.1, 0.15) is 25.3 Å². The highest BCUT2D eigenvalue weighted by atomic mass is 16.5. The molecule has 1 N–H and O–H groups in total. The van der Waals surface area contributed by atoms with Gasteiger partial charge < -0.3 is 14.8 Å². The molecule has 0 saturated carbocycles. The van der Waals surface area contributed by atoms with Gasteiger partial charge in [-0.2, -0.15) is 0 Å². The van der Waals surface area contributed by atoms with Crippen molar-refractivity contribution in [3.63, 3.8) is 0 Å². The van der Waals surface area contributed by atoms with E-state index >= 15 is 0 Å². The largest absolute Gasteiger partial charge is 0.489 e. The third kappa shape index (κ3) is 5.79. The zero-order chi connectivity index (χ0) is 14.1. The maximum Gasteiger partial charge on any atom is 0.142 e. The summed E-state index contributed by atoms with van der Waals surface area (Å²) in [6, 6.07) is 6.61. The number of allylic oxidation sites excluding steroid dienone is 1. The highest BCUT2D eigenvalue weighted by Gasteiger charge is 2.07. The van der Waals surface area contributed by atoms with Gasteiger partial charge in [-0.15, -0.1) is 6.58 Å². The number of hydrogen-bond acceptors (Lipinski definition) is 3. The molecule has 1 atom stereocenters. The molecule has 0 fully saturated rings. The molecule has 0 aliphatic carbocycles. The van der Waals surface area contributed by atoms with Crippen LogP contribution in [0.5, 0.6) is 5.75 Å². The summed E-state index contributed by atoms with van der Waals surface area (Å²) < 4.78 is 10.8. The normalized spacial score (nSPS) is 11.9. The molecule has 0 aliphatic heterocycles. The van der Waals surface area contributed by atoms with E-state index in [9.17, 15) is 0 Å². The number of nitrogens with one attached hydrogen (secondary N) is 1. The monoisotopic (exact) mass is 263 g/mol.